The number of rotatable bonds is 4. The fourth-order valence-electron chi connectivity index (χ4n) is 2.12. The van der Waals surface area contributed by atoms with Crippen molar-refractivity contribution in [1.29, 1.82) is 0 Å². The van der Waals surface area contributed by atoms with E-state index in [9.17, 15) is 8.78 Å². The fraction of sp³-hybridized carbons (Fsp3) is 0.250. The maximum absolute atomic E-state index is 13.7. The Morgan fingerprint density at radius 3 is 2.63 bits per heavy atom. The van der Waals surface area contributed by atoms with Crippen molar-refractivity contribution in [3.63, 3.8) is 0 Å². The molecule has 2 aromatic rings. The molecule has 98 valence electrons. The monoisotopic (exact) mass is 259 g/mol. The van der Waals surface area contributed by atoms with Crippen LogP contribution in [-0.2, 0) is 6.54 Å². The van der Waals surface area contributed by atoms with Crippen LogP contribution in [0.5, 0.6) is 0 Å². The molecular formula is C16H15F2N. The molecule has 3 heteroatoms. The predicted molar refractivity (Wildman–Crippen MR) is 71.7 cm³/mol. The molecule has 0 aliphatic heterocycles. The summed E-state index contributed by atoms with van der Waals surface area (Å²) >= 11 is 0. The summed E-state index contributed by atoms with van der Waals surface area (Å²) in [6.45, 7) is 0.793. The number of hydrogen-bond donors (Lipinski definition) is 1. The van der Waals surface area contributed by atoms with Crippen LogP contribution >= 0.6 is 0 Å². The Labute approximate surface area is 111 Å². The van der Waals surface area contributed by atoms with Gasteiger partial charge in [-0.1, -0.05) is 18.2 Å². The molecule has 0 heterocycles. The lowest BCUT2D eigenvalue weighted by Gasteiger charge is -2.07. The van der Waals surface area contributed by atoms with Crippen LogP contribution in [0.1, 0.15) is 18.4 Å². The average Bonchev–Trinajstić information content (AvgIpc) is 3.21. The van der Waals surface area contributed by atoms with Crippen LogP contribution in [0.4, 0.5) is 8.78 Å². The average molecular weight is 259 g/mol. The Balaban J connectivity index is 1.84. The van der Waals surface area contributed by atoms with Crippen LogP contribution < -0.4 is 5.32 Å². The minimum absolute atomic E-state index is 0.440. The van der Waals surface area contributed by atoms with Crippen LogP contribution in [0.15, 0.2) is 42.5 Å². The summed E-state index contributed by atoms with van der Waals surface area (Å²) in [6.07, 6.45) is 2.48. The minimum atomic E-state index is -0.548. The zero-order valence-electron chi connectivity index (χ0n) is 10.5. The highest BCUT2D eigenvalue weighted by molar-refractivity contribution is 5.64. The van der Waals surface area contributed by atoms with Gasteiger partial charge in [0.05, 0.1) is 0 Å². The lowest BCUT2D eigenvalue weighted by atomic mass is 10.0. The first kappa shape index (κ1) is 12.3. The first-order chi connectivity index (χ1) is 9.22. The Morgan fingerprint density at radius 1 is 1.05 bits per heavy atom. The highest BCUT2D eigenvalue weighted by Crippen LogP contribution is 2.25. The molecule has 0 bridgehead atoms. The topological polar surface area (TPSA) is 12.0 Å². The Bertz CT molecular complexity index is 591. The van der Waals surface area contributed by atoms with Crippen LogP contribution in [-0.4, -0.2) is 6.04 Å². The van der Waals surface area contributed by atoms with Crippen LogP contribution in [0.2, 0.25) is 0 Å². The van der Waals surface area contributed by atoms with E-state index >= 15 is 0 Å². The van der Waals surface area contributed by atoms with E-state index in [-0.39, 0.29) is 0 Å². The van der Waals surface area contributed by atoms with E-state index in [2.05, 4.69) is 5.32 Å². The van der Waals surface area contributed by atoms with E-state index in [0.717, 1.165) is 23.7 Å². The molecule has 1 fully saturated rings. The zero-order chi connectivity index (χ0) is 13.2. The normalized spacial score (nSPS) is 14.6. The molecule has 3 rings (SSSR count). The molecule has 2 aromatic carbocycles. The van der Waals surface area contributed by atoms with Crippen LogP contribution in [0, 0.1) is 11.6 Å². The van der Waals surface area contributed by atoms with E-state index in [0.29, 0.717) is 11.6 Å². The van der Waals surface area contributed by atoms with Crippen molar-refractivity contribution in [3.05, 3.63) is 59.7 Å². The number of hydrogen-bond acceptors (Lipinski definition) is 1. The van der Waals surface area contributed by atoms with Gasteiger partial charge in [0.1, 0.15) is 11.6 Å². The van der Waals surface area contributed by atoms with E-state index in [4.69, 9.17) is 0 Å². The van der Waals surface area contributed by atoms with Crippen LogP contribution in [0.25, 0.3) is 11.1 Å². The third-order valence-electron chi connectivity index (χ3n) is 3.34. The van der Waals surface area contributed by atoms with Crippen molar-refractivity contribution in [3.8, 4) is 11.1 Å². The SMILES string of the molecule is Fc1ccc(-c2cccc(CNC3CC3)c2)c(F)c1. The number of benzene rings is 2. The second-order valence-corrected chi connectivity index (χ2v) is 4.98. The molecule has 1 aliphatic rings. The molecule has 0 saturated heterocycles. The van der Waals surface area contributed by atoms with Crippen molar-refractivity contribution < 1.29 is 8.78 Å². The Morgan fingerprint density at radius 2 is 1.89 bits per heavy atom. The molecule has 1 aliphatic carbocycles. The van der Waals surface area contributed by atoms with Gasteiger partial charge in [-0.25, -0.2) is 8.78 Å². The lowest BCUT2D eigenvalue weighted by molar-refractivity contribution is 0.585. The van der Waals surface area contributed by atoms with E-state index in [1.54, 1.807) is 0 Å². The molecule has 1 nitrogen and oxygen atoms in total. The molecule has 0 amide bonds. The summed E-state index contributed by atoms with van der Waals surface area (Å²) in [5.41, 5.74) is 2.34. The molecule has 0 aromatic heterocycles. The van der Waals surface area contributed by atoms with Gasteiger partial charge in [0.2, 0.25) is 0 Å². The second-order valence-electron chi connectivity index (χ2n) is 4.98. The van der Waals surface area contributed by atoms with Gasteiger partial charge < -0.3 is 5.32 Å². The molecular weight excluding hydrogens is 244 g/mol. The summed E-state index contributed by atoms with van der Waals surface area (Å²) in [5, 5.41) is 3.42. The summed E-state index contributed by atoms with van der Waals surface area (Å²) in [4.78, 5) is 0. The van der Waals surface area contributed by atoms with Crippen molar-refractivity contribution in [2.75, 3.05) is 0 Å². The van der Waals surface area contributed by atoms with Crippen molar-refractivity contribution in [2.45, 2.75) is 25.4 Å². The summed E-state index contributed by atoms with van der Waals surface area (Å²) < 4.78 is 26.6. The van der Waals surface area contributed by atoms with Gasteiger partial charge in [0.15, 0.2) is 0 Å². The molecule has 1 N–H and O–H groups in total. The third-order valence-corrected chi connectivity index (χ3v) is 3.34. The number of halogens is 2. The van der Waals surface area contributed by atoms with Gasteiger partial charge in [0.25, 0.3) is 0 Å². The van der Waals surface area contributed by atoms with Gasteiger partial charge in [0, 0.05) is 24.2 Å². The molecule has 0 unspecified atom stereocenters. The van der Waals surface area contributed by atoms with Gasteiger partial charge >= 0.3 is 0 Å². The lowest BCUT2D eigenvalue weighted by Crippen LogP contribution is -2.15. The quantitative estimate of drug-likeness (QED) is 0.878. The molecule has 0 radical (unpaired) electrons. The maximum atomic E-state index is 13.7. The van der Waals surface area contributed by atoms with Crippen molar-refractivity contribution >= 4 is 0 Å². The van der Waals surface area contributed by atoms with Gasteiger partial charge in [-0.3, -0.25) is 0 Å². The molecule has 0 atom stereocenters. The van der Waals surface area contributed by atoms with Gasteiger partial charge in [-0.2, -0.15) is 0 Å². The zero-order valence-corrected chi connectivity index (χ0v) is 10.5. The molecule has 0 spiro atoms. The summed E-state index contributed by atoms with van der Waals surface area (Å²) in [7, 11) is 0. The fourth-order valence-corrected chi connectivity index (χ4v) is 2.12. The van der Waals surface area contributed by atoms with Crippen molar-refractivity contribution in [1.82, 2.24) is 5.32 Å². The van der Waals surface area contributed by atoms with Gasteiger partial charge in [-0.15, -0.1) is 0 Å². The Kier molecular flexibility index (Phi) is 3.30. The Hall–Kier alpha value is -1.74. The second kappa shape index (κ2) is 5.10. The van der Waals surface area contributed by atoms with E-state index in [1.165, 1.54) is 25.0 Å². The maximum Gasteiger partial charge on any atom is 0.133 e. The summed E-state index contributed by atoms with van der Waals surface area (Å²) in [5.74, 6) is -1.07. The smallest absolute Gasteiger partial charge is 0.133 e. The molecule has 1 saturated carbocycles. The summed E-state index contributed by atoms with van der Waals surface area (Å²) in [6, 6.07) is 12.0. The minimum Gasteiger partial charge on any atom is -0.310 e. The first-order valence-electron chi connectivity index (χ1n) is 6.50. The van der Waals surface area contributed by atoms with Crippen molar-refractivity contribution in [2.24, 2.45) is 0 Å². The molecule has 19 heavy (non-hydrogen) atoms. The highest BCUT2D eigenvalue weighted by Gasteiger charge is 2.19. The third kappa shape index (κ3) is 2.99. The van der Waals surface area contributed by atoms with E-state index < -0.39 is 11.6 Å². The van der Waals surface area contributed by atoms with Gasteiger partial charge in [-0.05, 0) is 42.2 Å². The predicted octanol–water partition coefficient (Wildman–Crippen LogP) is 3.88. The number of nitrogens with one attached hydrogen (secondary N) is 1. The van der Waals surface area contributed by atoms with E-state index in [1.807, 2.05) is 24.3 Å². The largest absolute Gasteiger partial charge is 0.310 e. The van der Waals surface area contributed by atoms with Crippen LogP contribution in [0.3, 0.4) is 0 Å². The first-order valence-corrected chi connectivity index (χ1v) is 6.50. The standard InChI is InChI=1S/C16H15F2N/c17-13-4-7-15(16(18)9-13)12-3-1-2-11(8-12)10-19-14-5-6-14/h1-4,7-9,14,19H,5-6,10H2. The highest BCUT2D eigenvalue weighted by atomic mass is 19.1.